The van der Waals surface area contributed by atoms with Crippen molar-refractivity contribution in [2.75, 3.05) is 0 Å². The zero-order valence-electron chi connectivity index (χ0n) is 13.5. The Morgan fingerprint density at radius 3 is 2.48 bits per heavy atom. The second-order valence-electron chi connectivity index (χ2n) is 6.09. The van der Waals surface area contributed by atoms with Gasteiger partial charge in [0.1, 0.15) is 16.8 Å². The Labute approximate surface area is 135 Å². The standard InChI is InChI=1S/C20H18N2O/c1-13-12-16-15-8-4-5-9-17(15)22(19(16)14(2)20(13)23)18-10-6-7-11-21(18)3/h4-12H,1-3H3/p+1. The maximum Gasteiger partial charge on any atom is 0.286 e. The number of para-hydroxylation sites is 1. The van der Waals surface area contributed by atoms with Gasteiger partial charge in [-0.2, -0.15) is 4.57 Å². The fraction of sp³-hybridized carbons (Fsp3) is 0.150. The molecule has 3 nitrogen and oxygen atoms in total. The van der Waals surface area contributed by atoms with E-state index >= 15 is 0 Å². The lowest BCUT2D eigenvalue weighted by Gasteiger charge is -2.07. The molecule has 0 saturated carbocycles. The molecule has 0 aliphatic heterocycles. The van der Waals surface area contributed by atoms with Gasteiger partial charge in [0.05, 0.1) is 13.2 Å². The molecule has 4 rings (SSSR count). The summed E-state index contributed by atoms with van der Waals surface area (Å²) in [6.45, 7) is 3.94. The number of rotatable bonds is 1. The highest BCUT2D eigenvalue weighted by molar-refractivity contribution is 6.10. The van der Waals surface area contributed by atoms with Crippen LogP contribution in [0.5, 0.6) is 5.75 Å². The zero-order chi connectivity index (χ0) is 16.1. The molecule has 2 aromatic carbocycles. The van der Waals surface area contributed by atoms with Crippen LogP contribution < -0.4 is 4.57 Å². The SMILES string of the molecule is Cc1cc2c3ccccc3n(-c3cccc[n+]3C)c2c(C)c1O. The quantitative estimate of drug-likeness (QED) is 0.530. The third-order valence-electron chi connectivity index (χ3n) is 4.62. The van der Waals surface area contributed by atoms with Gasteiger partial charge in [-0.15, -0.1) is 0 Å². The van der Waals surface area contributed by atoms with Crippen LogP contribution in [0.25, 0.3) is 27.6 Å². The van der Waals surface area contributed by atoms with Crippen LogP contribution in [0.3, 0.4) is 0 Å². The van der Waals surface area contributed by atoms with Gasteiger partial charge in [0.2, 0.25) is 0 Å². The molecule has 0 aliphatic rings. The Balaban J connectivity index is 2.30. The molecule has 4 aromatic rings. The largest absolute Gasteiger partial charge is 0.507 e. The van der Waals surface area contributed by atoms with Crippen molar-refractivity contribution in [2.24, 2.45) is 7.05 Å². The van der Waals surface area contributed by atoms with E-state index in [9.17, 15) is 5.11 Å². The van der Waals surface area contributed by atoms with Crippen molar-refractivity contribution >= 4 is 21.8 Å². The first kappa shape index (κ1) is 13.8. The minimum atomic E-state index is 0.375. The van der Waals surface area contributed by atoms with Gasteiger partial charge < -0.3 is 5.11 Å². The monoisotopic (exact) mass is 303 g/mol. The molecule has 1 N–H and O–H groups in total. The van der Waals surface area contributed by atoms with Crippen LogP contribution in [-0.2, 0) is 7.05 Å². The van der Waals surface area contributed by atoms with Crippen LogP contribution in [0.2, 0.25) is 0 Å². The van der Waals surface area contributed by atoms with Crippen molar-refractivity contribution in [3.63, 3.8) is 0 Å². The van der Waals surface area contributed by atoms with Gasteiger partial charge in [-0.3, -0.25) is 0 Å². The molecule has 23 heavy (non-hydrogen) atoms. The average Bonchev–Trinajstić information content (AvgIpc) is 2.88. The van der Waals surface area contributed by atoms with Crippen molar-refractivity contribution in [3.8, 4) is 11.6 Å². The van der Waals surface area contributed by atoms with Crippen molar-refractivity contribution in [2.45, 2.75) is 13.8 Å². The summed E-state index contributed by atoms with van der Waals surface area (Å²) in [5.41, 5.74) is 4.05. The van der Waals surface area contributed by atoms with E-state index in [1.165, 1.54) is 10.8 Å². The zero-order valence-corrected chi connectivity index (χ0v) is 13.5. The van der Waals surface area contributed by atoms with Crippen LogP contribution in [0.4, 0.5) is 0 Å². The van der Waals surface area contributed by atoms with E-state index in [1.54, 1.807) is 0 Å². The molecule has 3 heteroatoms. The molecule has 0 amide bonds. The fourth-order valence-electron chi connectivity index (χ4n) is 3.46. The summed E-state index contributed by atoms with van der Waals surface area (Å²) >= 11 is 0. The van der Waals surface area contributed by atoms with E-state index in [1.807, 2.05) is 39.2 Å². The Kier molecular flexibility index (Phi) is 2.91. The summed E-state index contributed by atoms with van der Waals surface area (Å²) in [5.74, 6) is 1.45. The summed E-state index contributed by atoms with van der Waals surface area (Å²) < 4.78 is 4.33. The van der Waals surface area contributed by atoms with E-state index in [2.05, 4.69) is 45.5 Å². The molecule has 0 bridgehead atoms. The first-order valence-corrected chi connectivity index (χ1v) is 7.77. The summed E-state index contributed by atoms with van der Waals surface area (Å²) in [4.78, 5) is 0. The van der Waals surface area contributed by atoms with Gasteiger partial charge >= 0.3 is 0 Å². The van der Waals surface area contributed by atoms with Crippen molar-refractivity contribution < 1.29 is 9.67 Å². The van der Waals surface area contributed by atoms with Crippen LogP contribution in [0.15, 0.2) is 54.7 Å². The Bertz CT molecular complexity index is 1060. The average molecular weight is 303 g/mol. The molecule has 0 aliphatic carbocycles. The second kappa shape index (κ2) is 4.85. The lowest BCUT2D eigenvalue weighted by atomic mass is 10.0. The maximum absolute atomic E-state index is 10.4. The van der Waals surface area contributed by atoms with E-state index in [4.69, 9.17) is 0 Å². The second-order valence-corrected chi connectivity index (χ2v) is 6.09. The van der Waals surface area contributed by atoms with E-state index in [-0.39, 0.29) is 0 Å². The first-order chi connectivity index (χ1) is 11.1. The maximum atomic E-state index is 10.4. The Morgan fingerprint density at radius 1 is 0.957 bits per heavy atom. The number of phenolic OH excluding ortho intramolecular Hbond substituents is 1. The minimum absolute atomic E-state index is 0.375. The normalized spacial score (nSPS) is 11.4. The van der Waals surface area contributed by atoms with Crippen molar-refractivity contribution in [3.05, 3.63) is 65.9 Å². The Hall–Kier alpha value is -2.81. The molecule has 2 heterocycles. The lowest BCUT2D eigenvalue weighted by Crippen LogP contribution is -2.33. The third-order valence-corrected chi connectivity index (χ3v) is 4.62. The predicted octanol–water partition coefficient (Wildman–Crippen LogP) is 3.93. The summed E-state index contributed by atoms with van der Waals surface area (Å²) in [6, 6.07) is 16.6. The van der Waals surface area contributed by atoms with Crippen molar-refractivity contribution in [1.82, 2.24) is 4.57 Å². The van der Waals surface area contributed by atoms with Crippen LogP contribution >= 0.6 is 0 Å². The molecule has 0 spiro atoms. The molecular formula is C20H19N2O+. The molecule has 2 aromatic heterocycles. The predicted molar refractivity (Wildman–Crippen MR) is 93.1 cm³/mol. The fourth-order valence-corrected chi connectivity index (χ4v) is 3.46. The smallest absolute Gasteiger partial charge is 0.286 e. The number of phenols is 1. The molecule has 0 saturated heterocycles. The highest BCUT2D eigenvalue weighted by Crippen LogP contribution is 2.37. The number of hydrogen-bond donors (Lipinski definition) is 1. The molecule has 0 atom stereocenters. The highest BCUT2D eigenvalue weighted by Gasteiger charge is 2.23. The summed E-state index contributed by atoms with van der Waals surface area (Å²) in [6.07, 6.45) is 2.04. The molecule has 0 fully saturated rings. The Morgan fingerprint density at radius 2 is 1.70 bits per heavy atom. The molecule has 0 unspecified atom stereocenters. The third kappa shape index (κ3) is 1.86. The number of pyridine rings is 1. The lowest BCUT2D eigenvalue weighted by molar-refractivity contribution is -0.665. The van der Waals surface area contributed by atoms with Gasteiger partial charge in [0.25, 0.3) is 5.82 Å². The van der Waals surface area contributed by atoms with Gasteiger partial charge in [0, 0.05) is 22.4 Å². The minimum Gasteiger partial charge on any atom is -0.507 e. The summed E-state index contributed by atoms with van der Waals surface area (Å²) in [5, 5.41) is 12.8. The van der Waals surface area contributed by atoms with Crippen molar-refractivity contribution in [1.29, 1.82) is 0 Å². The van der Waals surface area contributed by atoms with Gasteiger partial charge in [-0.25, -0.2) is 4.57 Å². The van der Waals surface area contributed by atoms with Crippen LogP contribution in [-0.4, -0.2) is 9.67 Å². The number of aromatic hydroxyl groups is 1. The number of benzene rings is 2. The van der Waals surface area contributed by atoms with Crippen LogP contribution in [0, 0.1) is 13.8 Å². The van der Waals surface area contributed by atoms with Gasteiger partial charge in [-0.1, -0.05) is 18.2 Å². The number of aryl methyl sites for hydroxylation is 3. The molecule has 0 radical (unpaired) electrons. The number of fused-ring (bicyclic) bond motifs is 3. The van der Waals surface area contributed by atoms with Gasteiger partial charge in [0.15, 0.2) is 0 Å². The summed E-state index contributed by atoms with van der Waals surface area (Å²) in [7, 11) is 2.04. The van der Waals surface area contributed by atoms with E-state index in [0.717, 1.165) is 28.0 Å². The van der Waals surface area contributed by atoms with E-state index in [0.29, 0.717) is 5.75 Å². The van der Waals surface area contributed by atoms with Gasteiger partial charge in [-0.05, 0) is 43.7 Å². The van der Waals surface area contributed by atoms with E-state index < -0.39 is 0 Å². The number of nitrogens with zero attached hydrogens (tertiary/aromatic N) is 2. The topological polar surface area (TPSA) is 29.0 Å². The highest BCUT2D eigenvalue weighted by atomic mass is 16.3. The molecular weight excluding hydrogens is 284 g/mol. The number of aromatic nitrogens is 2. The molecule has 114 valence electrons. The number of hydrogen-bond acceptors (Lipinski definition) is 1. The van der Waals surface area contributed by atoms with Crippen LogP contribution in [0.1, 0.15) is 11.1 Å². The first-order valence-electron chi connectivity index (χ1n) is 7.77.